The van der Waals surface area contributed by atoms with Crippen molar-refractivity contribution in [2.45, 2.75) is 111 Å². The van der Waals surface area contributed by atoms with Crippen molar-refractivity contribution in [3.05, 3.63) is 22.8 Å². The number of hydrogen-bond donors (Lipinski definition) is 1. The average Bonchev–Trinajstić information content (AvgIpc) is 2.99. The molecule has 0 bridgehead atoms. The highest BCUT2D eigenvalue weighted by Crippen LogP contribution is 2.65. The second-order valence-corrected chi connectivity index (χ2v) is 11.7. The first-order valence-electron chi connectivity index (χ1n) is 12.4. The maximum Gasteiger partial charge on any atom is 0.0724 e. The summed E-state index contributed by atoms with van der Waals surface area (Å²) in [6, 6.07) is 0. The summed E-state index contributed by atoms with van der Waals surface area (Å²) in [7, 11) is 0. The largest absolute Gasteiger partial charge is 0.389 e. The minimum Gasteiger partial charge on any atom is -0.389 e. The van der Waals surface area contributed by atoms with Crippen LogP contribution in [-0.2, 0) is 0 Å². The van der Waals surface area contributed by atoms with E-state index in [1.807, 2.05) is 11.1 Å². The molecule has 0 spiro atoms. The molecule has 28 heavy (non-hydrogen) atoms. The molecule has 0 radical (unpaired) electrons. The van der Waals surface area contributed by atoms with Crippen LogP contribution in [0.5, 0.6) is 0 Å². The van der Waals surface area contributed by atoms with Crippen molar-refractivity contribution in [3.8, 4) is 0 Å². The van der Waals surface area contributed by atoms with Crippen LogP contribution >= 0.6 is 0 Å². The molecule has 1 fully saturated rings. The topological polar surface area (TPSA) is 20.2 Å². The maximum absolute atomic E-state index is 10.2. The van der Waals surface area contributed by atoms with Gasteiger partial charge in [-0.1, -0.05) is 76.7 Å². The van der Waals surface area contributed by atoms with E-state index in [4.69, 9.17) is 0 Å². The van der Waals surface area contributed by atoms with Gasteiger partial charge in [0.25, 0.3) is 0 Å². The zero-order chi connectivity index (χ0) is 20.1. The first kappa shape index (κ1) is 20.7. The Bertz CT molecular complexity index is 655. The zero-order valence-electron chi connectivity index (χ0n) is 19.2. The lowest BCUT2D eigenvalue weighted by Crippen LogP contribution is -2.42. The molecular formula is C27H44O. The van der Waals surface area contributed by atoms with E-state index in [9.17, 15) is 5.11 Å². The Hall–Kier alpha value is -0.560. The first-order valence-corrected chi connectivity index (χ1v) is 12.4. The average molecular weight is 385 g/mol. The van der Waals surface area contributed by atoms with Crippen LogP contribution in [0.1, 0.15) is 105 Å². The lowest BCUT2D eigenvalue weighted by molar-refractivity contribution is 0.0910. The summed E-state index contributed by atoms with van der Waals surface area (Å²) in [5, 5.41) is 10.2. The molecule has 0 aromatic heterocycles. The second kappa shape index (κ2) is 7.60. The Morgan fingerprint density at radius 2 is 1.79 bits per heavy atom. The fourth-order valence-corrected chi connectivity index (χ4v) is 7.97. The SMILES string of the molecule is CC(C)CCCC(C)[C@H]1CC[C@H]2C3=C(CC[C@]12C)[C@@]1(C)CC[C@@H](O)C=C1CC3. The van der Waals surface area contributed by atoms with E-state index in [2.05, 4.69) is 40.7 Å². The van der Waals surface area contributed by atoms with Crippen molar-refractivity contribution in [2.75, 3.05) is 0 Å². The van der Waals surface area contributed by atoms with Crippen LogP contribution in [0.15, 0.2) is 22.8 Å². The molecule has 0 heterocycles. The molecule has 158 valence electrons. The standard InChI is InChI=1S/C27H44O/c1-18(2)7-6-8-19(3)23-11-12-24-22-10-9-20-17-21(28)13-15-26(20,4)25(22)14-16-27(23,24)5/h17-19,21,23-24,28H,6-16H2,1-5H3/t19?,21-,23-,24+,26+,27-/m1/s1. The van der Waals surface area contributed by atoms with Crippen LogP contribution in [0.25, 0.3) is 0 Å². The van der Waals surface area contributed by atoms with Gasteiger partial charge in [-0.2, -0.15) is 0 Å². The molecule has 1 N–H and O–H groups in total. The van der Waals surface area contributed by atoms with Crippen LogP contribution in [0, 0.1) is 34.5 Å². The molecule has 0 amide bonds. The van der Waals surface area contributed by atoms with Gasteiger partial charge in [-0.25, -0.2) is 0 Å². The number of aliphatic hydroxyl groups excluding tert-OH is 1. The van der Waals surface area contributed by atoms with Crippen molar-refractivity contribution < 1.29 is 5.11 Å². The Morgan fingerprint density at radius 3 is 2.54 bits per heavy atom. The predicted octanol–water partition coefficient (Wildman–Crippen LogP) is 7.45. The normalized spacial score (nSPS) is 41.4. The quantitative estimate of drug-likeness (QED) is 0.488. The molecular weight excluding hydrogens is 340 g/mol. The van der Waals surface area contributed by atoms with Gasteiger partial charge >= 0.3 is 0 Å². The summed E-state index contributed by atoms with van der Waals surface area (Å²) in [4.78, 5) is 0. The van der Waals surface area contributed by atoms with Gasteiger partial charge in [-0.05, 0) is 80.5 Å². The van der Waals surface area contributed by atoms with E-state index in [0.29, 0.717) is 5.41 Å². The molecule has 6 atom stereocenters. The highest BCUT2D eigenvalue weighted by Gasteiger charge is 2.54. The molecule has 0 aromatic carbocycles. The van der Waals surface area contributed by atoms with Crippen LogP contribution in [0.3, 0.4) is 0 Å². The molecule has 0 aromatic rings. The van der Waals surface area contributed by atoms with Crippen molar-refractivity contribution >= 4 is 0 Å². The van der Waals surface area contributed by atoms with E-state index >= 15 is 0 Å². The van der Waals surface area contributed by atoms with Gasteiger partial charge in [0.15, 0.2) is 0 Å². The minimum absolute atomic E-state index is 0.193. The Labute approximate surface area is 174 Å². The third-order valence-corrected chi connectivity index (χ3v) is 9.63. The lowest BCUT2D eigenvalue weighted by atomic mass is 9.53. The van der Waals surface area contributed by atoms with Gasteiger partial charge < -0.3 is 5.11 Å². The second-order valence-electron chi connectivity index (χ2n) is 11.7. The summed E-state index contributed by atoms with van der Waals surface area (Å²) in [6.07, 6.45) is 16.5. The molecule has 1 heteroatoms. The molecule has 0 aliphatic heterocycles. The number of hydrogen-bond acceptors (Lipinski definition) is 1. The van der Waals surface area contributed by atoms with Crippen LogP contribution in [-0.4, -0.2) is 11.2 Å². The van der Waals surface area contributed by atoms with Gasteiger partial charge in [0.2, 0.25) is 0 Å². The Morgan fingerprint density at radius 1 is 1.00 bits per heavy atom. The molecule has 0 saturated heterocycles. The van der Waals surface area contributed by atoms with Gasteiger partial charge in [0, 0.05) is 5.41 Å². The summed E-state index contributed by atoms with van der Waals surface area (Å²) in [5.41, 5.74) is 6.07. The highest BCUT2D eigenvalue weighted by atomic mass is 16.3. The molecule has 1 unspecified atom stereocenters. The Kier molecular flexibility index (Phi) is 5.62. The maximum atomic E-state index is 10.2. The van der Waals surface area contributed by atoms with Crippen LogP contribution in [0.2, 0.25) is 0 Å². The molecule has 4 aliphatic carbocycles. The number of fused-ring (bicyclic) bond motifs is 4. The molecule has 1 nitrogen and oxygen atoms in total. The van der Waals surface area contributed by atoms with E-state index in [1.54, 1.807) is 5.57 Å². The van der Waals surface area contributed by atoms with Crippen molar-refractivity contribution in [2.24, 2.45) is 34.5 Å². The molecule has 1 saturated carbocycles. The zero-order valence-corrected chi connectivity index (χ0v) is 19.2. The predicted molar refractivity (Wildman–Crippen MR) is 119 cm³/mol. The van der Waals surface area contributed by atoms with Crippen LogP contribution in [0.4, 0.5) is 0 Å². The van der Waals surface area contributed by atoms with E-state index in [-0.39, 0.29) is 11.5 Å². The number of rotatable bonds is 5. The van der Waals surface area contributed by atoms with E-state index in [0.717, 1.165) is 36.5 Å². The smallest absolute Gasteiger partial charge is 0.0724 e. The summed E-state index contributed by atoms with van der Waals surface area (Å²) < 4.78 is 0. The molecule has 4 aliphatic rings. The highest BCUT2D eigenvalue weighted by molar-refractivity contribution is 5.42. The lowest BCUT2D eigenvalue weighted by Gasteiger charge is -2.52. The fourth-order valence-electron chi connectivity index (χ4n) is 7.97. The number of aliphatic hydroxyl groups is 1. The van der Waals surface area contributed by atoms with Gasteiger partial charge in [-0.15, -0.1) is 0 Å². The van der Waals surface area contributed by atoms with Gasteiger partial charge in [-0.3, -0.25) is 0 Å². The van der Waals surface area contributed by atoms with Crippen molar-refractivity contribution in [1.82, 2.24) is 0 Å². The summed E-state index contributed by atoms with van der Waals surface area (Å²) in [5.74, 6) is 3.51. The van der Waals surface area contributed by atoms with Crippen molar-refractivity contribution in [1.29, 1.82) is 0 Å². The van der Waals surface area contributed by atoms with E-state index < -0.39 is 0 Å². The molecule has 4 rings (SSSR count). The fraction of sp³-hybridized carbons (Fsp3) is 0.852. The third-order valence-electron chi connectivity index (χ3n) is 9.63. The third kappa shape index (κ3) is 3.34. The van der Waals surface area contributed by atoms with Gasteiger partial charge in [0.05, 0.1) is 6.10 Å². The Balaban J connectivity index is 1.55. The summed E-state index contributed by atoms with van der Waals surface area (Å²) >= 11 is 0. The first-order chi connectivity index (χ1) is 13.3. The monoisotopic (exact) mass is 384 g/mol. The number of allylic oxidation sites excluding steroid dienone is 3. The van der Waals surface area contributed by atoms with E-state index in [1.165, 1.54) is 57.8 Å². The van der Waals surface area contributed by atoms with Gasteiger partial charge in [0.1, 0.15) is 0 Å². The summed E-state index contributed by atoms with van der Waals surface area (Å²) in [6.45, 7) is 12.5. The minimum atomic E-state index is -0.193. The van der Waals surface area contributed by atoms with Crippen molar-refractivity contribution in [3.63, 3.8) is 0 Å². The van der Waals surface area contributed by atoms with Crippen LogP contribution < -0.4 is 0 Å².